The molecule has 1 unspecified atom stereocenters. The normalized spacial score (nSPS) is 13.4. The van der Waals surface area contributed by atoms with Gasteiger partial charge in [0.1, 0.15) is 17.1 Å². The van der Waals surface area contributed by atoms with Crippen molar-refractivity contribution >= 4 is 23.2 Å². The van der Waals surface area contributed by atoms with Crippen molar-refractivity contribution in [2.75, 3.05) is 31.0 Å². The van der Waals surface area contributed by atoms with Gasteiger partial charge in [0.15, 0.2) is 0 Å². The molecule has 1 aliphatic rings. The molecule has 0 bridgehead atoms. The average Bonchev–Trinajstić information content (AvgIpc) is 2.91. The van der Waals surface area contributed by atoms with Gasteiger partial charge in [-0.15, -0.1) is 0 Å². The second-order valence-electron chi connectivity index (χ2n) is 8.95. The lowest BCUT2D eigenvalue weighted by atomic mass is 9.98. The van der Waals surface area contributed by atoms with E-state index >= 15 is 0 Å². The van der Waals surface area contributed by atoms with E-state index in [0.29, 0.717) is 28.3 Å². The molecule has 0 saturated heterocycles. The first kappa shape index (κ1) is 25.1. The van der Waals surface area contributed by atoms with Crippen molar-refractivity contribution in [3.8, 4) is 11.5 Å². The Hall–Kier alpha value is -4.00. The standard InChI is InChI=1S/C29H33N3O4/c1-5-19(2)30-28(33)23-17-22(31-29(34)27-25(35-3)11-8-12-26(27)36-4)13-14-24(23)32-16-15-20-9-6-7-10-21(20)18-32/h6-14,17,19H,5,15-16,18H2,1-4H3,(H,30,33)(H,31,34). The van der Waals surface area contributed by atoms with E-state index in [-0.39, 0.29) is 17.9 Å². The van der Waals surface area contributed by atoms with E-state index in [4.69, 9.17) is 9.47 Å². The Morgan fingerprint density at radius 2 is 1.64 bits per heavy atom. The van der Waals surface area contributed by atoms with Crippen LogP contribution in [0.2, 0.25) is 0 Å². The van der Waals surface area contributed by atoms with E-state index in [2.05, 4.69) is 33.7 Å². The number of fused-ring (bicyclic) bond motifs is 1. The molecule has 2 N–H and O–H groups in total. The van der Waals surface area contributed by atoms with E-state index in [1.807, 2.05) is 32.0 Å². The minimum Gasteiger partial charge on any atom is -0.496 e. The molecule has 2 amide bonds. The number of nitrogens with one attached hydrogen (secondary N) is 2. The third-order valence-electron chi connectivity index (χ3n) is 6.62. The second kappa shape index (κ2) is 11.2. The summed E-state index contributed by atoms with van der Waals surface area (Å²) in [6, 6.07) is 19.1. The van der Waals surface area contributed by atoms with Crippen LogP contribution in [-0.2, 0) is 13.0 Å². The van der Waals surface area contributed by atoms with Crippen molar-refractivity contribution in [3.05, 3.63) is 82.9 Å². The summed E-state index contributed by atoms with van der Waals surface area (Å²) in [5.74, 6) is 0.275. The molecule has 3 aromatic carbocycles. The summed E-state index contributed by atoms with van der Waals surface area (Å²) in [5.41, 5.74) is 4.79. The highest BCUT2D eigenvalue weighted by Crippen LogP contribution is 2.32. The zero-order valence-corrected chi connectivity index (χ0v) is 21.3. The number of hydrogen-bond acceptors (Lipinski definition) is 5. The predicted molar refractivity (Wildman–Crippen MR) is 142 cm³/mol. The molecule has 4 rings (SSSR count). The van der Waals surface area contributed by atoms with Crippen LogP contribution in [0.25, 0.3) is 0 Å². The Labute approximate surface area is 212 Å². The summed E-state index contributed by atoms with van der Waals surface area (Å²) >= 11 is 0. The molecule has 0 aromatic heterocycles. The Morgan fingerprint density at radius 1 is 0.944 bits per heavy atom. The zero-order chi connectivity index (χ0) is 25.7. The van der Waals surface area contributed by atoms with E-state index in [1.165, 1.54) is 25.3 Å². The smallest absolute Gasteiger partial charge is 0.263 e. The highest BCUT2D eigenvalue weighted by molar-refractivity contribution is 6.09. The summed E-state index contributed by atoms with van der Waals surface area (Å²) in [6.45, 7) is 5.55. The topological polar surface area (TPSA) is 79.9 Å². The van der Waals surface area contributed by atoms with Gasteiger partial charge in [-0.05, 0) is 61.2 Å². The van der Waals surface area contributed by atoms with Gasteiger partial charge in [-0.1, -0.05) is 37.3 Å². The van der Waals surface area contributed by atoms with Gasteiger partial charge in [-0.25, -0.2) is 0 Å². The van der Waals surface area contributed by atoms with Crippen LogP contribution in [0.3, 0.4) is 0 Å². The third kappa shape index (κ3) is 5.30. The quantitative estimate of drug-likeness (QED) is 0.465. The lowest BCUT2D eigenvalue weighted by Gasteiger charge is -2.32. The Morgan fingerprint density at radius 3 is 2.31 bits per heavy atom. The minimum absolute atomic E-state index is 0.0310. The maximum absolute atomic E-state index is 13.3. The first-order valence-corrected chi connectivity index (χ1v) is 12.2. The number of carbonyl (C=O) groups is 2. The van der Waals surface area contributed by atoms with Crippen molar-refractivity contribution in [1.29, 1.82) is 0 Å². The molecule has 36 heavy (non-hydrogen) atoms. The fourth-order valence-corrected chi connectivity index (χ4v) is 4.44. The Balaban J connectivity index is 1.67. The first-order chi connectivity index (χ1) is 17.4. The van der Waals surface area contributed by atoms with Crippen molar-refractivity contribution < 1.29 is 19.1 Å². The van der Waals surface area contributed by atoms with Crippen molar-refractivity contribution in [1.82, 2.24) is 5.32 Å². The molecule has 188 valence electrons. The molecular weight excluding hydrogens is 454 g/mol. The van der Waals surface area contributed by atoms with Gasteiger partial charge in [0, 0.05) is 30.5 Å². The number of nitrogens with zero attached hydrogens (tertiary/aromatic N) is 1. The second-order valence-corrected chi connectivity index (χ2v) is 8.95. The van der Waals surface area contributed by atoms with Crippen LogP contribution in [0.15, 0.2) is 60.7 Å². The van der Waals surface area contributed by atoms with Gasteiger partial charge in [-0.3, -0.25) is 9.59 Å². The van der Waals surface area contributed by atoms with Crippen molar-refractivity contribution in [2.45, 2.75) is 39.3 Å². The van der Waals surface area contributed by atoms with Crippen LogP contribution >= 0.6 is 0 Å². The molecule has 7 heteroatoms. The van der Waals surface area contributed by atoms with Gasteiger partial charge >= 0.3 is 0 Å². The van der Waals surface area contributed by atoms with Gasteiger partial charge in [0.25, 0.3) is 11.8 Å². The average molecular weight is 488 g/mol. The number of carbonyl (C=O) groups excluding carboxylic acids is 2. The van der Waals surface area contributed by atoms with Gasteiger partial charge < -0.3 is 25.0 Å². The predicted octanol–water partition coefficient (Wildman–Crippen LogP) is 5.05. The van der Waals surface area contributed by atoms with Crippen LogP contribution in [-0.4, -0.2) is 38.6 Å². The molecule has 1 aliphatic heterocycles. The Bertz CT molecular complexity index is 1230. The summed E-state index contributed by atoms with van der Waals surface area (Å²) in [7, 11) is 3.02. The van der Waals surface area contributed by atoms with Crippen LogP contribution in [0.4, 0.5) is 11.4 Å². The molecule has 0 spiro atoms. The minimum atomic E-state index is -0.378. The SMILES string of the molecule is CCC(C)NC(=O)c1cc(NC(=O)c2c(OC)cccc2OC)ccc1N1CCc2ccccc2C1. The summed E-state index contributed by atoms with van der Waals surface area (Å²) in [6.07, 6.45) is 1.73. The largest absolute Gasteiger partial charge is 0.496 e. The first-order valence-electron chi connectivity index (χ1n) is 12.2. The van der Waals surface area contributed by atoms with E-state index in [0.717, 1.165) is 31.6 Å². The summed E-state index contributed by atoms with van der Waals surface area (Å²) < 4.78 is 10.8. The van der Waals surface area contributed by atoms with Crippen LogP contribution < -0.4 is 25.0 Å². The van der Waals surface area contributed by atoms with Crippen molar-refractivity contribution in [3.63, 3.8) is 0 Å². The molecular formula is C29H33N3O4. The fourth-order valence-electron chi connectivity index (χ4n) is 4.44. The van der Waals surface area contributed by atoms with E-state index in [9.17, 15) is 9.59 Å². The van der Waals surface area contributed by atoms with Crippen LogP contribution in [0.5, 0.6) is 11.5 Å². The number of hydrogen-bond donors (Lipinski definition) is 2. The van der Waals surface area contributed by atoms with Gasteiger partial charge in [-0.2, -0.15) is 0 Å². The number of benzene rings is 3. The number of methoxy groups -OCH3 is 2. The Kier molecular flexibility index (Phi) is 7.78. The van der Waals surface area contributed by atoms with Crippen LogP contribution in [0, 0.1) is 0 Å². The lowest BCUT2D eigenvalue weighted by Crippen LogP contribution is -2.35. The van der Waals surface area contributed by atoms with Crippen molar-refractivity contribution in [2.24, 2.45) is 0 Å². The highest BCUT2D eigenvalue weighted by atomic mass is 16.5. The number of rotatable bonds is 8. The highest BCUT2D eigenvalue weighted by Gasteiger charge is 2.24. The lowest BCUT2D eigenvalue weighted by molar-refractivity contribution is 0.0938. The van der Waals surface area contributed by atoms with Crippen LogP contribution in [0.1, 0.15) is 52.1 Å². The van der Waals surface area contributed by atoms with E-state index < -0.39 is 0 Å². The molecule has 3 aromatic rings. The maximum Gasteiger partial charge on any atom is 0.263 e. The number of ether oxygens (including phenoxy) is 2. The van der Waals surface area contributed by atoms with E-state index in [1.54, 1.807) is 24.3 Å². The monoisotopic (exact) mass is 487 g/mol. The third-order valence-corrected chi connectivity index (χ3v) is 6.62. The fraction of sp³-hybridized carbons (Fsp3) is 0.310. The van der Waals surface area contributed by atoms with Gasteiger partial charge in [0.2, 0.25) is 0 Å². The molecule has 1 heterocycles. The maximum atomic E-state index is 13.3. The van der Waals surface area contributed by atoms with Gasteiger partial charge in [0.05, 0.1) is 19.8 Å². The molecule has 0 aliphatic carbocycles. The molecule has 1 atom stereocenters. The molecule has 0 fully saturated rings. The molecule has 7 nitrogen and oxygen atoms in total. The number of anilines is 2. The summed E-state index contributed by atoms with van der Waals surface area (Å²) in [4.78, 5) is 28.8. The summed E-state index contributed by atoms with van der Waals surface area (Å²) in [5, 5.41) is 5.99. The molecule has 0 saturated carbocycles. The zero-order valence-electron chi connectivity index (χ0n) is 21.3. The molecule has 0 radical (unpaired) electrons. The number of amides is 2.